The highest BCUT2D eigenvalue weighted by Crippen LogP contribution is 2.35. The summed E-state index contributed by atoms with van der Waals surface area (Å²) in [6.07, 6.45) is 0. The number of aromatic amines is 1. The third kappa shape index (κ3) is 4.09. The van der Waals surface area contributed by atoms with Crippen LogP contribution in [0.4, 0.5) is 33.7 Å². The van der Waals surface area contributed by atoms with Crippen molar-refractivity contribution < 1.29 is 27.1 Å². The fraction of sp³-hybridized carbons (Fsp3) is 0.0455. The van der Waals surface area contributed by atoms with Crippen molar-refractivity contribution in [2.45, 2.75) is 0 Å². The van der Waals surface area contributed by atoms with Crippen LogP contribution in [0.5, 0.6) is 5.75 Å². The first-order chi connectivity index (χ1) is 15.3. The number of aromatic nitrogens is 1. The number of rotatable bonds is 4. The number of anilines is 2. The first-order valence-corrected chi connectivity index (χ1v) is 9.58. The van der Waals surface area contributed by atoms with Gasteiger partial charge in [0.05, 0.1) is 12.8 Å². The molecule has 0 fully saturated rings. The fourth-order valence-corrected chi connectivity index (χ4v) is 3.37. The van der Waals surface area contributed by atoms with Gasteiger partial charge in [-0.15, -0.1) is 0 Å². The van der Waals surface area contributed by atoms with Gasteiger partial charge in [-0.2, -0.15) is 0 Å². The topological polar surface area (TPSA) is 57.4 Å². The van der Waals surface area contributed by atoms with Gasteiger partial charge in [-0.25, -0.2) is 26.7 Å². The molecule has 0 aliphatic heterocycles. The number of ether oxygens (including phenoxy) is 1. The van der Waals surface area contributed by atoms with Gasteiger partial charge in [0.2, 0.25) is 0 Å². The Kier molecular flexibility index (Phi) is 5.70. The molecule has 0 bridgehead atoms. The Morgan fingerprint density at radius 3 is 2.38 bits per heavy atom. The maximum Gasteiger partial charge on any atom is 0.336 e. The molecular weight excluding hydrogens is 446 g/mol. The molecule has 4 rings (SSSR count). The number of H-pyrrole nitrogens is 1. The molecule has 3 aromatic carbocycles. The maximum absolute atomic E-state index is 13.5. The molecule has 5 nitrogen and oxygen atoms in total. The van der Waals surface area contributed by atoms with Gasteiger partial charge in [0.15, 0.2) is 23.3 Å². The summed E-state index contributed by atoms with van der Waals surface area (Å²) < 4.78 is 59.8. The number of benzene rings is 3. The summed E-state index contributed by atoms with van der Waals surface area (Å²) in [5.41, 5.74) is 1.79. The van der Waals surface area contributed by atoms with Gasteiger partial charge < -0.3 is 15.0 Å². The molecule has 1 heterocycles. The number of halogens is 4. The van der Waals surface area contributed by atoms with E-state index in [1.165, 1.54) is 13.2 Å². The number of nitrogens with one attached hydrogen (secondary N) is 2. The maximum atomic E-state index is 13.5. The van der Waals surface area contributed by atoms with Crippen molar-refractivity contribution in [1.82, 2.24) is 4.98 Å². The first-order valence-electron chi connectivity index (χ1n) is 9.18. The molecule has 0 saturated heterocycles. The normalized spacial score (nSPS) is 10.9. The highest BCUT2D eigenvalue weighted by molar-refractivity contribution is 7.82. The van der Waals surface area contributed by atoms with Crippen LogP contribution in [0.1, 0.15) is 0 Å². The molecule has 2 N–H and O–H groups in total. The minimum absolute atomic E-state index is 0.0303. The van der Waals surface area contributed by atoms with Crippen molar-refractivity contribution in [2.75, 3.05) is 16.7 Å². The highest BCUT2D eigenvalue weighted by Gasteiger charge is 2.19. The molecule has 4 aromatic rings. The molecule has 0 spiro atoms. The number of thiol groups is 1. The van der Waals surface area contributed by atoms with Gasteiger partial charge in [0.1, 0.15) is 5.75 Å². The van der Waals surface area contributed by atoms with Crippen molar-refractivity contribution >= 4 is 41.1 Å². The van der Waals surface area contributed by atoms with Gasteiger partial charge in [0.25, 0.3) is 0 Å². The summed E-state index contributed by atoms with van der Waals surface area (Å²) >= 11 is 4.22. The van der Waals surface area contributed by atoms with Crippen molar-refractivity contribution in [3.05, 3.63) is 77.9 Å². The Labute approximate surface area is 185 Å². The predicted molar refractivity (Wildman–Crippen MR) is 117 cm³/mol. The molecule has 0 aliphatic carbocycles. The van der Waals surface area contributed by atoms with Crippen LogP contribution in [0.3, 0.4) is 0 Å². The summed E-state index contributed by atoms with van der Waals surface area (Å²) in [5.74, 6) is -3.79. The predicted octanol–water partition coefficient (Wildman–Crippen LogP) is 6.28. The lowest BCUT2D eigenvalue weighted by molar-refractivity contribution is 0.260. The van der Waals surface area contributed by atoms with Crippen molar-refractivity contribution in [1.29, 1.82) is 0 Å². The average molecular weight is 461 g/mol. The average Bonchev–Trinajstić information content (AvgIpc) is 3.18. The van der Waals surface area contributed by atoms with Crippen LogP contribution in [-0.2, 0) is 0 Å². The van der Waals surface area contributed by atoms with Gasteiger partial charge in [-0.1, -0.05) is 12.8 Å². The van der Waals surface area contributed by atoms with Crippen LogP contribution in [0, 0.1) is 23.3 Å². The van der Waals surface area contributed by atoms with Crippen LogP contribution in [0.25, 0.3) is 22.2 Å². The van der Waals surface area contributed by atoms with E-state index in [1.54, 1.807) is 24.3 Å². The van der Waals surface area contributed by atoms with E-state index in [9.17, 15) is 22.4 Å². The molecule has 0 radical (unpaired) electrons. The van der Waals surface area contributed by atoms with Crippen LogP contribution in [0.2, 0.25) is 0 Å². The second-order valence-electron chi connectivity index (χ2n) is 6.79. The molecule has 10 heteroatoms. The molecule has 32 heavy (non-hydrogen) atoms. The van der Waals surface area contributed by atoms with E-state index in [-0.39, 0.29) is 11.4 Å². The van der Waals surface area contributed by atoms with E-state index in [0.717, 1.165) is 28.6 Å². The van der Waals surface area contributed by atoms with E-state index in [1.807, 2.05) is 0 Å². The summed E-state index contributed by atoms with van der Waals surface area (Å²) in [6.45, 7) is 0. The first kappa shape index (κ1) is 21.6. The summed E-state index contributed by atoms with van der Waals surface area (Å²) in [7, 11) is 1.40. The fourth-order valence-electron chi connectivity index (χ4n) is 3.16. The minimum Gasteiger partial charge on any atom is -0.495 e. The van der Waals surface area contributed by atoms with E-state index in [2.05, 4.69) is 23.1 Å². The van der Waals surface area contributed by atoms with Gasteiger partial charge in [0, 0.05) is 40.0 Å². The Morgan fingerprint density at radius 2 is 1.66 bits per heavy atom. The molecule has 164 valence electrons. The number of hydrogen-bond acceptors (Lipinski definition) is 3. The number of nitrogens with zero attached hydrogens (tertiary/aromatic N) is 1. The van der Waals surface area contributed by atoms with E-state index < -0.39 is 29.3 Å². The molecular formula is C22H15F4N3O2S. The van der Waals surface area contributed by atoms with Gasteiger partial charge in [-0.3, -0.25) is 0 Å². The van der Waals surface area contributed by atoms with Crippen LogP contribution >= 0.6 is 12.8 Å². The number of urea groups is 1. The number of fused-ring (bicyclic) bond motifs is 1. The van der Waals surface area contributed by atoms with Crippen LogP contribution in [-0.4, -0.2) is 18.1 Å². The lowest BCUT2D eigenvalue weighted by atomic mass is 10.1. The Bertz CT molecular complexity index is 1300. The number of amides is 2. The zero-order valence-electron chi connectivity index (χ0n) is 16.4. The quantitative estimate of drug-likeness (QED) is 0.247. The zero-order valence-corrected chi connectivity index (χ0v) is 17.3. The number of methoxy groups -OCH3 is 1. The second kappa shape index (κ2) is 8.46. The highest BCUT2D eigenvalue weighted by atomic mass is 32.1. The van der Waals surface area contributed by atoms with Crippen LogP contribution in [0.15, 0.2) is 54.6 Å². The largest absolute Gasteiger partial charge is 0.495 e. The number of hydrogen-bond donors (Lipinski definition) is 3. The van der Waals surface area contributed by atoms with Crippen molar-refractivity contribution in [3.8, 4) is 17.0 Å². The standard InChI is InChI=1S/C22H15F4N3O2S/c1-31-21-5-2-11(18-7-12-6-15(24)17(26)10-19(12)28-18)8-20(21)29(32)22(30)27-13-3-4-14(23)16(25)9-13/h2-10,28,32H,1H3,(H,27,30). The van der Waals surface area contributed by atoms with Crippen LogP contribution < -0.4 is 14.4 Å². The van der Waals surface area contributed by atoms with Crippen molar-refractivity contribution in [3.63, 3.8) is 0 Å². The molecule has 1 aromatic heterocycles. The van der Waals surface area contributed by atoms with Gasteiger partial charge >= 0.3 is 6.03 Å². The van der Waals surface area contributed by atoms with E-state index in [4.69, 9.17) is 4.74 Å². The SMILES string of the molecule is COc1ccc(-c2cc3cc(F)c(F)cc3[nH]2)cc1N(S)C(=O)Nc1ccc(F)c(F)c1. The number of carbonyl (C=O) groups is 1. The Balaban J connectivity index is 1.67. The Hall–Kier alpha value is -3.66. The molecule has 0 atom stereocenters. The molecule has 0 unspecified atom stereocenters. The third-order valence-corrected chi connectivity index (χ3v) is 5.14. The summed E-state index contributed by atoms with van der Waals surface area (Å²) in [4.78, 5) is 15.6. The summed E-state index contributed by atoms with van der Waals surface area (Å²) in [5, 5.41) is 2.88. The lowest BCUT2D eigenvalue weighted by Crippen LogP contribution is -2.27. The van der Waals surface area contributed by atoms with E-state index in [0.29, 0.717) is 27.9 Å². The summed E-state index contributed by atoms with van der Waals surface area (Å²) in [6, 6.07) is 10.8. The minimum atomic E-state index is -1.11. The smallest absolute Gasteiger partial charge is 0.336 e. The molecule has 0 saturated carbocycles. The second-order valence-corrected chi connectivity index (χ2v) is 7.19. The van der Waals surface area contributed by atoms with Gasteiger partial charge in [-0.05, 0) is 42.5 Å². The monoisotopic (exact) mass is 461 g/mol. The lowest BCUT2D eigenvalue weighted by Gasteiger charge is -2.20. The molecule has 0 aliphatic rings. The zero-order chi connectivity index (χ0) is 23.0. The molecule has 2 amide bonds. The third-order valence-electron chi connectivity index (χ3n) is 4.74. The number of carbonyl (C=O) groups excluding carboxylic acids is 1. The van der Waals surface area contributed by atoms with Crippen molar-refractivity contribution in [2.24, 2.45) is 0 Å². The van der Waals surface area contributed by atoms with E-state index >= 15 is 0 Å². The Morgan fingerprint density at radius 1 is 0.938 bits per heavy atom.